The average molecular weight is 620 g/mol. The third-order valence-electron chi connectivity index (χ3n) is 8.97. The van der Waals surface area contributed by atoms with Gasteiger partial charge in [-0.3, -0.25) is 9.59 Å². The number of fused-ring (bicyclic) bond motifs is 1. The zero-order valence-electron chi connectivity index (χ0n) is 26.7. The molecule has 0 aliphatic carbocycles. The van der Waals surface area contributed by atoms with Gasteiger partial charge in [0, 0.05) is 36.3 Å². The molecule has 0 bridgehead atoms. The lowest BCUT2D eigenvalue weighted by Gasteiger charge is -2.25. The summed E-state index contributed by atoms with van der Waals surface area (Å²) in [5.74, 6) is 1.16. The minimum atomic E-state index is -0.353. The first-order chi connectivity index (χ1) is 22.4. The summed E-state index contributed by atoms with van der Waals surface area (Å²) in [5, 5.41) is 25.0. The molecule has 2 N–H and O–H groups in total. The van der Waals surface area contributed by atoms with E-state index in [1.54, 1.807) is 19.2 Å². The standard InChI is InChI=1S/C36H41N7O3/c1-4-6-13-30-26-10-7-8-11-28(26)35(45)43(40-30)32-14-9-12-27(29(32)23-44)31-21-33(36(46)41(3)39-31)42(5-2)34-16-15-25(22-38-34)24-17-19-37-20-18-24/h7-12,14-16,21-22,24,37,44H,4-6,13,17-20,23H2,1-3H3. The zero-order valence-corrected chi connectivity index (χ0v) is 26.7. The van der Waals surface area contributed by atoms with Crippen molar-refractivity contribution in [3.63, 3.8) is 0 Å². The molecule has 0 saturated carbocycles. The Labute approximate surface area is 268 Å². The molecular weight excluding hydrogens is 578 g/mol. The van der Waals surface area contributed by atoms with E-state index in [0.29, 0.717) is 51.9 Å². The Bertz CT molecular complexity index is 1960. The van der Waals surface area contributed by atoms with Crippen molar-refractivity contribution in [1.82, 2.24) is 29.9 Å². The van der Waals surface area contributed by atoms with Crippen molar-refractivity contribution in [3.05, 3.63) is 104 Å². The molecule has 5 aromatic rings. The van der Waals surface area contributed by atoms with E-state index in [0.717, 1.165) is 56.3 Å². The van der Waals surface area contributed by atoms with Crippen LogP contribution in [0, 0.1) is 0 Å². The molecule has 1 aliphatic heterocycles. The number of piperidine rings is 1. The zero-order chi connectivity index (χ0) is 32.2. The van der Waals surface area contributed by atoms with E-state index in [9.17, 15) is 14.7 Å². The monoisotopic (exact) mass is 619 g/mol. The summed E-state index contributed by atoms with van der Waals surface area (Å²) in [6.07, 6.45) is 6.77. The van der Waals surface area contributed by atoms with Gasteiger partial charge in [0.25, 0.3) is 11.1 Å². The lowest BCUT2D eigenvalue weighted by atomic mass is 9.91. The van der Waals surface area contributed by atoms with E-state index >= 15 is 0 Å². The van der Waals surface area contributed by atoms with E-state index in [1.807, 2.05) is 60.5 Å². The van der Waals surface area contributed by atoms with Gasteiger partial charge >= 0.3 is 0 Å². The van der Waals surface area contributed by atoms with Gasteiger partial charge in [0.15, 0.2) is 0 Å². The van der Waals surface area contributed by atoms with Crippen LogP contribution in [0.2, 0.25) is 0 Å². The average Bonchev–Trinajstić information content (AvgIpc) is 3.10. The molecule has 6 rings (SSSR count). The van der Waals surface area contributed by atoms with Crippen LogP contribution in [0.4, 0.5) is 11.5 Å². The van der Waals surface area contributed by atoms with Gasteiger partial charge in [-0.2, -0.15) is 14.9 Å². The first kappa shape index (κ1) is 31.3. The number of rotatable bonds is 10. The number of hydrogen-bond donors (Lipinski definition) is 2. The maximum absolute atomic E-state index is 13.8. The number of pyridine rings is 1. The second kappa shape index (κ2) is 13.8. The van der Waals surface area contributed by atoms with Crippen molar-refractivity contribution < 1.29 is 5.11 Å². The van der Waals surface area contributed by atoms with Gasteiger partial charge < -0.3 is 15.3 Å². The van der Waals surface area contributed by atoms with E-state index < -0.39 is 0 Å². The summed E-state index contributed by atoms with van der Waals surface area (Å²) < 4.78 is 2.71. The van der Waals surface area contributed by atoms with E-state index in [2.05, 4.69) is 23.4 Å². The molecule has 0 spiro atoms. The molecule has 2 aromatic carbocycles. The Balaban J connectivity index is 1.44. The molecule has 0 unspecified atom stereocenters. The molecule has 1 fully saturated rings. The molecule has 3 aromatic heterocycles. The van der Waals surface area contributed by atoms with Gasteiger partial charge in [-0.15, -0.1) is 0 Å². The van der Waals surface area contributed by atoms with E-state index in [4.69, 9.17) is 10.1 Å². The van der Waals surface area contributed by atoms with Crippen molar-refractivity contribution in [3.8, 4) is 16.9 Å². The number of aliphatic hydroxyl groups excluding tert-OH is 1. The topological polar surface area (TPSA) is 118 Å². The normalized spacial score (nSPS) is 13.7. The summed E-state index contributed by atoms with van der Waals surface area (Å²) in [4.78, 5) is 33.9. The number of aryl methyl sites for hydroxylation is 2. The third kappa shape index (κ3) is 5.98. The molecule has 10 heteroatoms. The SMILES string of the molecule is CCCCc1nn(-c2cccc(-c3cc(N(CC)c4ccc(C5CCNCC5)cn4)c(=O)n(C)n3)c2CO)c(=O)c2ccccc12. The molecule has 1 aliphatic rings. The fraction of sp³-hybridized carbons (Fsp3) is 0.361. The maximum atomic E-state index is 13.8. The summed E-state index contributed by atoms with van der Waals surface area (Å²) >= 11 is 0. The number of aromatic nitrogens is 5. The quantitative estimate of drug-likeness (QED) is 0.224. The maximum Gasteiger partial charge on any atom is 0.290 e. The lowest BCUT2D eigenvalue weighted by molar-refractivity contribution is 0.281. The number of nitrogens with one attached hydrogen (secondary N) is 1. The van der Waals surface area contributed by atoms with Crippen molar-refractivity contribution >= 4 is 22.3 Å². The highest BCUT2D eigenvalue weighted by Crippen LogP contribution is 2.31. The van der Waals surface area contributed by atoms with Gasteiger partial charge in [0.2, 0.25) is 0 Å². The first-order valence-electron chi connectivity index (χ1n) is 16.2. The van der Waals surface area contributed by atoms with Crippen molar-refractivity contribution in [1.29, 1.82) is 0 Å². The number of anilines is 2. The first-order valence-corrected chi connectivity index (χ1v) is 16.2. The van der Waals surface area contributed by atoms with Crippen LogP contribution in [0.15, 0.2) is 76.4 Å². The predicted molar refractivity (Wildman–Crippen MR) is 182 cm³/mol. The largest absolute Gasteiger partial charge is 0.392 e. The molecule has 0 atom stereocenters. The van der Waals surface area contributed by atoms with Crippen molar-refractivity contribution in [2.45, 2.75) is 58.5 Å². The van der Waals surface area contributed by atoms with Crippen molar-refractivity contribution in [2.24, 2.45) is 7.05 Å². The van der Waals surface area contributed by atoms with Crippen LogP contribution in [-0.4, -0.2) is 49.3 Å². The van der Waals surface area contributed by atoms with Crippen LogP contribution in [0.5, 0.6) is 0 Å². The van der Waals surface area contributed by atoms with Gasteiger partial charge in [-0.1, -0.05) is 49.7 Å². The second-order valence-electron chi connectivity index (χ2n) is 11.8. The lowest BCUT2D eigenvalue weighted by Crippen LogP contribution is -2.30. The molecule has 1 saturated heterocycles. The fourth-order valence-corrected chi connectivity index (χ4v) is 6.45. The highest BCUT2D eigenvalue weighted by molar-refractivity contribution is 5.84. The summed E-state index contributed by atoms with van der Waals surface area (Å²) in [7, 11) is 1.62. The summed E-state index contributed by atoms with van der Waals surface area (Å²) in [6, 6.07) is 18.8. The second-order valence-corrected chi connectivity index (χ2v) is 11.8. The van der Waals surface area contributed by atoms with Crippen LogP contribution < -0.4 is 21.3 Å². The summed E-state index contributed by atoms with van der Waals surface area (Å²) in [5.41, 5.74) is 4.04. The Hall–Kier alpha value is -4.67. The minimum absolute atomic E-state index is 0.257. The molecular formula is C36H41N7O3. The Morgan fingerprint density at radius 2 is 1.74 bits per heavy atom. The van der Waals surface area contributed by atoms with E-state index in [-0.39, 0.29) is 17.7 Å². The van der Waals surface area contributed by atoms with Gasteiger partial charge in [0.05, 0.1) is 29.1 Å². The third-order valence-corrected chi connectivity index (χ3v) is 8.97. The van der Waals surface area contributed by atoms with Crippen LogP contribution in [0.3, 0.4) is 0 Å². The smallest absolute Gasteiger partial charge is 0.290 e. The molecule has 4 heterocycles. The number of benzene rings is 2. The van der Waals surface area contributed by atoms with Crippen LogP contribution in [-0.2, 0) is 20.1 Å². The highest BCUT2D eigenvalue weighted by Gasteiger charge is 2.22. The number of nitrogens with zero attached hydrogens (tertiary/aromatic N) is 6. The Kier molecular flexibility index (Phi) is 9.37. The van der Waals surface area contributed by atoms with E-state index in [1.165, 1.54) is 14.9 Å². The number of unbranched alkanes of at least 4 members (excludes halogenated alkanes) is 1. The molecule has 0 radical (unpaired) electrons. The fourth-order valence-electron chi connectivity index (χ4n) is 6.45. The van der Waals surface area contributed by atoms with Crippen molar-refractivity contribution in [2.75, 3.05) is 24.5 Å². The van der Waals surface area contributed by atoms with Gasteiger partial charge in [0.1, 0.15) is 11.5 Å². The predicted octanol–water partition coefficient (Wildman–Crippen LogP) is 5.00. The summed E-state index contributed by atoms with van der Waals surface area (Å²) in [6.45, 7) is 6.28. The van der Waals surface area contributed by atoms with Crippen LogP contribution in [0.25, 0.3) is 27.7 Å². The minimum Gasteiger partial charge on any atom is -0.392 e. The van der Waals surface area contributed by atoms with Gasteiger partial charge in [-0.25, -0.2) is 9.67 Å². The molecule has 10 nitrogen and oxygen atoms in total. The number of hydrogen-bond acceptors (Lipinski definition) is 8. The number of aliphatic hydroxyl groups is 1. The highest BCUT2D eigenvalue weighted by atomic mass is 16.3. The van der Waals surface area contributed by atoms with Gasteiger partial charge in [-0.05, 0) is 81.4 Å². The molecule has 238 valence electrons. The molecule has 0 amide bonds. The molecule has 46 heavy (non-hydrogen) atoms. The Morgan fingerprint density at radius 1 is 0.957 bits per heavy atom. The Morgan fingerprint density at radius 3 is 2.43 bits per heavy atom. The van der Waals surface area contributed by atoms with Crippen LogP contribution in [0.1, 0.15) is 62.3 Å². The van der Waals surface area contributed by atoms with Crippen LogP contribution >= 0.6 is 0 Å².